The number of hydrogen-bond donors (Lipinski definition) is 1. The molecule has 0 saturated carbocycles. The molecule has 0 heterocycles. The second-order valence-corrected chi connectivity index (χ2v) is 5.10. The highest BCUT2D eigenvalue weighted by atomic mass is 32.2. The number of aromatic hydroxyl groups is 1. The summed E-state index contributed by atoms with van der Waals surface area (Å²) in [5, 5.41) is 8.27. The van der Waals surface area contributed by atoms with Gasteiger partial charge in [-0.15, -0.1) is 0 Å². The standard InChI is InChI=1S/C13H10O5S/c14-11-8-4-5-9-12(11)18-19(16,17)13(15)10-6-2-1-3-7-10/h1-9,14H. The summed E-state index contributed by atoms with van der Waals surface area (Å²) in [5.41, 5.74) is -0.00193. The Hall–Kier alpha value is -2.34. The van der Waals surface area contributed by atoms with Crippen molar-refractivity contribution in [2.75, 3.05) is 0 Å². The molecular weight excluding hydrogens is 268 g/mol. The van der Waals surface area contributed by atoms with Crippen molar-refractivity contribution in [1.29, 1.82) is 0 Å². The van der Waals surface area contributed by atoms with Crippen molar-refractivity contribution in [1.82, 2.24) is 0 Å². The number of phenols is 1. The van der Waals surface area contributed by atoms with E-state index in [9.17, 15) is 18.3 Å². The molecule has 0 radical (unpaired) electrons. The lowest BCUT2D eigenvalue weighted by Crippen LogP contribution is -2.20. The molecule has 5 nitrogen and oxygen atoms in total. The third kappa shape index (κ3) is 2.92. The zero-order valence-electron chi connectivity index (χ0n) is 9.68. The molecule has 0 atom stereocenters. The van der Waals surface area contributed by atoms with E-state index in [2.05, 4.69) is 4.18 Å². The number of rotatable bonds is 3. The van der Waals surface area contributed by atoms with Crippen LogP contribution in [0.5, 0.6) is 11.5 Å². The highest BCUT2D eigenvalue weighted by Gasteiger charge is 2.27. The number of carbonyl (C=O) groups is 1. The second-order valence-electron chi connectivity index (χ2n) is 3.66. The van der Waals surface area contributed by atoms with Gasteiger partial charge in [-0.3, -0.25) is 4.79 Å². The van der Waals surface area contributed by atoms with Gasteiger partial charge in [0, 0.05) is 5.56 Å². The van der Waals surface area contributed by atoms with Crippen molar-refractivity contribution >= 4 is 15.2 Å². The molecule has 2 rings (SSSR count). The molecule has 0 saturated heterocycles. The van der Waals surface area contributed by atoms with E-state index >= 15 is 0 Å². The molecule has 1 N–H and O–H groups in total. The Bertz CT molecular complexity index is 692. The number of carbonyl (C=O) groups excluding carboxylic acids is 1. The zero-order chi connectivity index (χ0) is 13.9. The number of para-hydroxylation sites is 2. The molecule has 0 fully saturated rings. The Morgan fingerprint density at radius 3 is 2.16 bits per heavy atom. The highest BCUT2D eigenvalue weighted by molar-refractivity contribution is 8.02. The van der Waals surface area contributed by atoms with Crippen LogP contribution in [0.2, 0.25) is 0 Å². The van der Waals surface area contributed by atoms with Crippen LogP contribution >= 0.6 is 0 Å². The van der Waals surface area contributed by atoms with Crippen molar-refractivity contribution in [3.05, 3.63) is 60.2 Å². The summed E-state index contributed by atoms with van der Waals surface area (Å²) in [7, 11) is -4.49. The van der Waals surface area contributed by atoms with E-state index in [1.165, 1.54) is 36.4 Å². The molecule has 19 heavy (non-hydrogen) atoms. The molecule has 0 unspecified atom stereocenters. The van der Waals surface area contributed by atoms with Gasteiger partial charge in [0.15, 0.2) is 11.5 Å². The molecule has 0 aliphatic carbocycles. The van der Waals surface area contributed by atoms with Crippen molar-refractivity contribution in [2.24, 2.45) is 0 Å². The summed E-state index contributed by atoms with van der Waals surface area (Å²) >= 11 is 0. The normalized spacial score (nSPS) is 10.9. The Morgan fingerprint density at radius 1 is 0.947 bits per heavy atom. The third-order valence-electron chi connectivity index (χ3n) is 2.30. The molecule has 6 heteroatoms. The SMILES string of the molecule is O=C(c1ccccc1)S(=O)(=O)Oc1ccccc1O. The topological polar surface area (TPSA) is 80.7 Å². The first kappa shape index (κ1) is 13.1. The van der Waals surface area contributed by atoms with Crippen LogP contribution in [0.4, 0.5) is 0 Å². The van der Waals surface area contributed by atoms with Gasteiger partial charge in [-0.25, -0.2) is 0 Å². The van der Waals surface area contributed by atoms with E-state index in [0.717, 1.165) is 0 Å². The number of phenolic OH excluding ortho intramolecular Hbond substituents is 1. The van der Waals surface area contributed by atoms with Gasteiger partial charge in [-0.1, -0.05) is 42.5 Å². The Morgan fingerprint density at radius 2 is 1.53 bits per heavy atom. The quantitative estimate of drug-likeness (QED) is 0.868. The van der Waals surface area contributed by atoms with Crippen molar-refractivity contribution in [3.63, 3.8) is 0 Å². The van der Waals surface area contributed by atoms with Crippen LogP contribution < -0.4 is 4.18 Å². The monoisotopic (exact) mass is 278 g/mol. The fourth-order valence-electron chi connectivity index (χ4n) is 1.40. The molecule has 0 aromatic heterocycles. The van der Waals surface area contributed by atoms with Crippen LogP contribution in [-0.2, 0) is 10.1 Å². The van der Waals surface area contributed by atoms with Gasteiger partial charge in [-0.05, 0) is 12.1 Å². The molecule has 0 spiro atoms. The van der Waals surface area contributed by atoms with Gasteiger partial charge in [0.05, 0.1) is 0 Å². The first-order chi connectivity index (χ1) is 9.00. The molecule has 0 aliphatic heterocycles. The van der Waals surface area contributed by atoms with Crippen molar-refractivity contribution in [3.8, 4) is 11.5 Å². The largest absolute Gasteiger partial charge is 0.504 e. The van der Waals surface area contributed by atoms with Gasteiger partial charge in [0.25, 0.3) is 0 Å². The van der Waals surface area contributed by atoms with Crippen LogP contribution in [0.25, 0.3) is 0 Å². The molecule has 0 bridgehead atoms. The predicted octanol–water partition coefficient (Wildman–Crippen LogP) is 1.94. The van der Waals surface area contributed by atoms with Gasteiger partial charge >= 0.3 is 15.2 Å². The van der Waals surface area contributed by atoms with Crippen LogP contribution in [0, 0.1) is 0 Å². The molecular formula is C13H10O5S. The van der Waals surface area contributed by atoms with E-state index in [4.69, 9.17) is 0 Å². The summed E-state index contributed by atoms with van der Waals surface area (Å²) in [6.07, 6.45) is 0. The maximum Gasteiger partial charge on any atom is 0.378 e. The first-order valence-electron chi connectivity index (χ1n) is 5.32. The van der Waals surface area contributed by atoms with Crippen molar-refractivity contribution in [2.45, 2.75) is 0 Å². The first-order valence-corrected chi connectivity index (χ1v) is 6.73. The van der Waals surface area contributed by atoms with Gasteiger partial charge < -0.3 is 9.29 Å². The van der Waals surface area contributed by atoms with E-state index in [-0.39, 0.29) is 17.1 Å². The van der Waals surface area contributed by atoms with Gasteiger partial charge in [-0.2, -0.15) is 8.42 Å². The number of hydrogen-bond acceptors (Lipinski definition) is 5. The lowest BCUT2D eigenvalue weighted by atomic mass is 10.2. The fraction of sp³-hybridized carbons (Fsp3) is 0. The summed E-state index contributed by atoms with van der Waals surface area (Å²) in [5.74, 6) is -0.640. The third-order valence-corrected chi connectivity index (χ3v) is 3.39. The molecule has 2 aromatic carbocycles. The van der Waals surface area contributed by atoms with Gasteiger partial charge in [0.2, 0.25) is 0 Å². The van der Waals surface area contributed by atoms with E-state index in [1.54, 1.807) is 18.2 Å². The molecule has 0 amide bonds. The predicted molar refractivity (Wildman–Crippen MR) is 68.4 cm³/mol. The second kappa shape index (κ2) is 5.11. The Kier molecular flexibility index (Phi) is 3.52. The van der Waals surface area contributed by atoms with Crippen LogP contribution in [0.15, 0.2) is 54.6 Å². The van der Waals surface area contributed by atoms with E-state index in [1.807, 2.05) is 0 Å². The minimum absolute atomic E-state index is 0.00193. The minimum atomic E-state index is -4.49. The molecule has 0 aliphatic rings. The maximum absolute atomic E-state index is 11.8. The van der Waals surface area contributed by atoms with Crippen molar-refractivity contribution < 1.29 is 22.5 Å². The zero-order valence-corrected chi connectivity index (χ0v) is 10.5. The van der Waals surface area contributed by atoms with Crippen LogP contribution in [0.3, 0.4) is 0 Å². The smallest absolute Gasteiger partial charge is 0.378 e. The summed E-state index contributed by atoms with van der Waals surface area (Å²) in [4.78, 5) is 11.8. The molecule has 98 valence electrons. The average Bonchev–Trinajstić information content (AvgIpc) is 2.41. The van der Waals surface area contributed by atoms with Gasteiger partial charge in [0.1, 0.15) is 0 Å². The summed E-state index contributed by atoms with van der Waals surface area (Å²) < 4.78 is 28.2. The lowest BCUT2D eigenvalue weighted by molar-refractivity contribution is 0.106. The maximum atomic E-state index is 11.8. The fourth-order valence-corrected chi connectivity index (χ4v) is 2.28. The average molecular weight is 278 g/mol. The summed E-state index contributed by atoms with van der Waals surface area (Å²) in [6, 6.07) is 13.0. The summed E-state index contributed by atoms with van der Waals surface area (Å²) in [6.45, 7) is 0. The Labute approximate surface area is 110 Å². The molecule has 2 aromatic rings. The highest BCUT2D eigenvalue weighted by Crippen LogP contribution is 2.26. The van der Waals surface area contributed by atoms with E-state index in [0.29, 0.717) is 0 Å². The minimum Gasteiger partial charge on any atom is -0.504 e. The van der Waals surface area contributed by atoms with Crippen LogP contribution in [-0.4, -0.2) is 18.6 Å². The lowest BCUT2D eigenvalue weighted by Gasteiger charge is -2.07. The Balaban J connectivity index is 2.30. The van der Waals surface area contributed by atoms with Crippen LogP contribution in [0.1, 0.15) is 10.4 Å². The van der Waals surface area contributed by atoms with E-state index < -0.39 is 15.2 Å². The number of benzene rings is 2.